The van der Waals surface area contributed by atoms with E-state index in [1.165, 1.54) is 0 Å². The van der Waals surface area contributed by atoms with Crippen LogP contribution in [0, 0.1) is 0 Å². The summed E-state index contributed by atoms with van der Waals surface area (Å²) in [7, 11) is 0. The molecule has 1 unspecified atom stereocenters. The van der Waals surface area contributed by atoms with Gasteiger partial charge in [0.15, 0.2) is 0 Å². The molecule has 1 aliphatic heterocycles. The fraction of sp³-hybridized carbons (Fsp3) is 0.278. The molecule has 134 valence electrons. The summed E-state index contributed by atoms with van der Waals surface area (Å²) in [5.41, 5.74) is 1.31. The molecule has 0 amide bonds. The molecule has 26 heavy (non-hydrogen) atoms. The van der Waals surface area contributed by atoms with Crippen LogP contribution in [0.25, 0.3) is 10.7 Å². The number of carboxylic acids is 1. The predicted octanol–water partition coefficient (Wildman–Crippen LogP) is 3.07. The van der Waals surface area contributed by atoms with E-state index in [4.69, 9.17) is 14.4 Å². The van der Waals surface area contributed by atoms with E-state index < -0.39 is 5.97 Å². The Hall–Kier alpha value is -2.55. The third-order valence-electron chi connectivity index (χ3n) is 4.29. The summed E-state index contributed by atoms with van der Waals surface area (Å²) in [6, 6.07) is 10.7. The van der Waals surface area contributed by atoms with E-state index in [1.54, 1.807) is 23.5 Å². The van der Waals surface area contributed by atoms with Crippen molar-refractivity contribution in [2.75, 3.05) is 19.8 Å². The Morgan fingerprint density at radius 3 is 2.88 bits per heavy atom. The molecule has 0 spiro atoms. The predicted molar refractivity (Wildman–Crippen MR) is 95.0 cm³/mol. The standard InChI is InChI=1S/C18H17N3O4S/c22-18(23)13-5-3-12(4-6-13)10-21-7-8-24-11-14(21)17-19-16(20-25-17)15-2-1-9-26-15/h1-6,9,14H,7-8,10-11H2,(H,22,23). The Kier molecular flexibility index (Phi) is 4.79. The highest BCUT2D eigenvalue weighted by Crippen LogP contribution is 2.28. The molecule has 0 radical (unpaired) electrons. The van der Waals surface area contributed by atoms with Crippen LogP contribution in [0.3, 0.4) is 0 Å². The minimum Gasteiger partial charge on any atom is -0.478 e. The van der Waals surface area contributed by atoms with Crippen molar-refractivity contribution >= 4 is 17.3 Å². The van der Waals surface area contributed by atoms with E-state index in [-0.39, 0.29) is 11.6 Å². The van der Waals surface area contributed by atoms with Crippen molar-refractivity contribution < 1.29 is 19.2 Å². The largest absolute Gasteiger partial charge is 0.478 e. The molecule has 4 rings (SSSR count). The summed E-state index contributed by atoms with van der Waals surface area (Å²) in [4.78, 5) is 18.7. The minimum absolute atomic E-state index is 0.121. The van der Waals surface area contributed by atoms with Gasteiger partial charge in [-0.1, -0.05) is 23.4 Å². The van der Waals surface area contributed by atoms with Crippen LogP contribution in [-0.2, 0) is 11.3 Å². The molecule has 7 nitrogen and oxygen atoms in total. The van der Waals surface area contributed by atoms with Gasteiger partial charge in [-0.2, -0.15) is 4.98 Å². The first-order valence-corrected chi connectivity index (χ1v) is 9.10. The van der Waals surface area contributed by atoms with Gasteiger partial charge in [-0.15, -0.1) is 11.3 Å². The Balaban J connectivity index is 1.52. The minimum atomic E-state index is -0.923. The normalized spacial score (nSPS) is 18.1. The Bertz CT molecular complexity index is 876. The second-order valence-electron chi connectivity index (χ2n) is 6.00. The van der Waals surface area contributed by atoms with Crippen LogP contribution in [0.15, 0.2) is 46.3 Å². The number of aromatic carboxylic acids is 1. The Morgan fingerprint density at radius 2 is 2.15 bits per heavy atom. The first-order valence-electron chi connectivity index (χ1n) is 8.22. The molecular weight excluding hydrogens is 354 g/mol. The maximum Gasteiger partial charge on any atom is 0.335 e. The topological polar surface area (TPSA) is 88.7 Å². The van der Waals surface area contributed by atoms with Crippen LogP contribution in [-0.4, -0.2) is 45.9 Å². The number of morpholine rings is 1. The van der Waals surface area contributed by atoms with Crippen molar-refractivity contribution in [2.45, 2.75) is 12.6 Å². The van der Waals surface area contributed by atoms with Gasteiger partial charge < -0.3 is 14.4 Å². The summed E-state index contributed by atoms with van der Waals surface area (Å²) >= 11 is 1.57. The number of carbonyl (C=O) groups is 1. The number of nitrogens with zero attached hydrogens (tertiary/aromatic N) is 3. The fourth-order valence-corrected chi connectivity index (χ4v) is 3.57. The van der Waals surface area contributed by atoms with Gasteiger partial charge in [0.25, 0.3) is 0 Å². The summed E-state index contributed by atoms with van der Waals surface area (Å²) < 4.78 is 11.1. The van der Waals surface area contributed by atoms with E-state index in [9.17, 15) is 4.79 Å². The zero-order valence-corrected chi connectivity index (χ0v) is 14.7. The van der Waals surface area contributed by atoms with Crippen molar-refractivity contribution in [3.05, 3.63) is 58.8 Å². The van der Waals surface area contributed by atoms with Crippen LogP contribution >= 0.6 is 11.3 Å². The molecule has 1 fully saturated rings. The quantitative estimate of drug-likeness (QED) is 0.737. The molecule has 1 aliphatic rings. The zero-order valence-electron chi connectivity index (χ0n) is 13.9. The first-order chi connectivity index (χ1) is 12.7. The number of carboxylic acid groups (broad SMARTS) is 1. The lowest BCUT2D eigenvalue weighted by Crippen LogP contribution is -2.39. The molecule has 1 N–H and O–H groups in total. The van der Waals surface area contributed by atoms with Crippen molar-refractivity contribution in [1.82, 2.24) is 15.0 Å². The van der Waals surface area contributed by atoms with Gasteiger partial charge >= 0.3 is 5.97 Å². The number of thiophene rings is 1. The monoisotopic (exact) mass is 371 g/mol. The lowest BCUT2D eigenvalue weighted by atomic mass is 10.1. The smallest absolute Gasteiger partial charge is 0.335 e. The maximum absolute atomic E-state index is 11.0. The first kappa shape index (κ1) is 16.9. The molecule has 1 atom stereocenters. The molecule has 2 aromatic heterocycles. The molecular formula is C18H17N3O4S. The van der Waals surface area contributed by atoms with E-state index in [2.05, 4.69) is 15.0 Å². The molecule has 8 heteroatoms. The third kappa shape index (κ3) is 3.52. The van der Waals surface area contributed by atoms with E-state index in [0.29, 0.717) is 31.5 Å². The van der Waals surface area contributed by atoms with Gasteiger partial charge in [0.2, 0.25) is 11.7 Å². The maximum atomic E-state index is 11.0. The Morgan fingerprint density at radius 1 is 1.31 bits per heavy atom. The second-order valence-corrected chi connectivity index (χ2v) is 6.94. The third-order valence-corrected chi connectivity index (χ3v) is 5.16. The number of aromatic nitrogens is 2. The highest BCUT2D eigenvalue weighted by molar-refractivity contribution is 7.13. The van der Waals surface area contributed by atoms with Crippen molar-refractivity contribution in [1.29, 1.82) is 0 Å². The van der Waals surface area contributed by atoms with Gasteiger partial charge in [-0.05, 0) is 29.1 Å². The van der Waals surface area contributed by atoms with Crippen molar-refractivity contribution in [3.63, 3.8) is 0 Å². The number of ether oxygens (including phenoxy) is 1. The summed E-state index contributed by atoms with van der Waals surface area (Å²) in [5.74, 6) is 0.203. The fourth-order valence-electron chi connectivity index (χ4n) is 2.92. The average Bonchev–Trinajstić information content (AvgIpc) is 3.34. The van der Waals surface area contributed by atoms with Crippen LogP contribution in [0.4, 0.5) is 0 Å². The van der Waals surface area contributed by atoms with E-state index >= 15 is 0 Å². The highest BCUT2D eigenvalue weighted by atomic mass is 32.1. The van der Waals surface area contributed by atoms with Gasteiger partial charge in [0.1, 0.15) is 6.04 Å². The van der Waals surface area contributed by atoms with E-state index in [1.807, 2.05) is 29.6 Å². The van der Waals surface area contributed by atoms with Gasteiger partial charge in [0.05, 0.1) is 23.7 Å². The molecule has 1 aromatic carbocycles. The molecule has 1 saturated heterocycles. The van der Waals surface area contributed by atoms with Crippen LogP contribution < -0.4 is 0 Å². The molecule has 0 bridgehead atoms. The van der Waals surface area contributed by atoms with Crippen LogP contribution in [0.1, 0.15) is 27.9 Å². The molecule has 0 aliphatic carbocycles. The van der Waals surface area contributed by atoms with Crippen molar-refractivity contribution in [2.24, 2.45) is 0 Å². The average molecular weight is 371 g/mol. The van der Waals surface area contributed by atoms with Crippen molar-refractivity contribution in [3.8, 4) is 10.7 Å². The summed E-state index contributed by atoms with van der Waals surface area (Å²) in [5, 5.41) is 15.1. The summed E-state index contributed by atoms with van der Waals surface area (Å²) in [6.45, 7) is 2.52. The molecule has 3 heterocycles. The molecule has 0 saturated carbocycles. The highest BCUT2D eigenvalue weighted by Gasteiger charge is 2.30. The number of hydrogen-bond acceptors (Lipinski definition) is 7. The number of rotatable bonds is 5. The lowest BCUT2D eigenvalue weighted by Gasteiger charge is -2.33. The second kappa shape index (κ2) is 7.36. The van der Waals surface area contributed by atoms with Crippen LogP contribution in [0.2, 0.25) is 0 Å². The van der Waals surface area contributed by atoms with Gasteiger partial charge in [0, 0.05) is 13.1 Å². The number of benzene rings is 1. The van der Waals surface area contributed by atoms with Crippen LogP contribution in [0.5, 0.6) is 0 Å². The Labute approximate surface area is 153 Å². The molecule has 3 aromatic rings. The number of hydrogen-bond donors (Lipinski definition) is 1. The zero-order chi connectivity index (χ0) is 17.9. The van der Waals surface area contributed by atoms with Gasteiger partial charge in [-0.25, -0.2) is 4.79 Å². The van der Waals surface area contributed by atoms with E-state index in [0.717, 1.165) is 17.0 Å². The summed E-state index contributed by atoms with van der Waals surface area (Å²) in [6.07, 6.45) is 0. The lowest BCUT2D eigenvalue weighted by molar-refractivity contribution is -0.0241. The SMILES string of the molecule is O=C(O)c1ccc(CN2CCOCC2c2nc(-c3cccs3)no2)cc1. The van der Waals surface area contributed by atoms with Gasteiger partial charge in [-0.3, -0.25) is 4.90 Å².